The summed E-state index contributed by atoms with van der Waals surface area (Å²) in [6.07, 6.45) is 0. The largest absolute Gasteiger partial charge is 0.372 e. The molecule has 1 aliphatic heterocycles. The summed E-state index contributed by atoms with van der Waals surface area (Å²) in [5.41, 5.74) is 2.13. The van der Waals surface area contributed by atoms with Gasteiger partial charge in [0.2, 0.25) is 0 Å². The first-order chi connectivity index (χ1) is 8.91. The highest BCUT2D eigenvalue weighted by Gasteiger charge is 2.28. The van der Waals surface area contributed by atoms with Crippen LogP contribution in [0.1, 0.15) is 44.9 Å². The van der Waals surface area contributed by atoms with Gasteiger partial charge >= 0.3 is 0 Å². The van der Waals surface area contributed by atoms with E-state index >= 15 is 0 Å². The van der Waals surface area contributed by atoms with Crippen LogP contribution >= 0.6 is 11.6 Å². The van der Waals surface area contributed by atoms with Crippen LogP contribution in [0.5, 0.6) is 0 Å². The number of morpholine rings is 1. The van der Waals surface area contributed by atoms with Gasteiger partial charge in [-0.05, 0) is 37.5 Å². The van der Waals surface area contributed by atoms with Crippen molar-refractivity contribution in [2.45, 2.75) is 45.1 Å². The number of alkyl halides is 1. The molecule has 1 saturated heterocycles. The lowest BCUT2D eigenvalue weighted by atomic mass is 10.1. The van der Waals surface area contributed by atoms with Gasteiger partial charge in [-0.15, -0.1) is 11.6 Å². The molecule has 2 heterocycles. The van der Waals surface area contributed by atoms with Crippen molar-refractivity contribution < 1.29 is 4.74 Å². The molecule has 1 aromatic heterocycles. The number of hydrogen-bond donors (Lipinski definition) is 0. The van der Waals surface area contributed by atoms with Crippen LogP contribution < -0.4 is 4.90 Å². The van der Waals surface area contributed by atoms with Gasteiger partial charge in [0.15, 0.2) is 0 Å². The van der Waals surface area contributed by atoms with Crippen LogP contribution in [0.3, 0.4) is 0 Å². The van der Waals surface area contributed by atoms with Gasteiger partial charge in [-0.3, -0.25) is 0 Å². The number of hydrogen-bond acceptors (Lipinski definition) is 3. The van der Waals surface area contributed by atoms with Gasteiger partial charge in [-0.1, -0.05) is 13.8 Å². The number of halogens is 1. The number of ether oxygens (including phenoxy) is 1. The average Bonchev–Trinajstić information content (AvgIpc) is 2.37. The van der Waals surface area contributed by atoms with Crippen molar-refractivity contribution in [1.82, 2.24) is 4.98 Å². The van der Waals surface area contributed by atoms with Crippen molar-refractivity contribution in [2.24, 2.45) is 0 Å². The molecule has 1 aliphatic rings. The summed E-state index contributed by atoms with van der Waals surface area (Å²) >= 11 is 6.00. The molecule has 4 heteroatoms. The Morgan fingerprint density at radius 3 is 2.74 bits per heavy atom. The Kier molecular flexibility index (Phi) is 4.36. The molecule has 106 valence electrons. The van der Waals surface area contributed by atoms with Crippen LogP contribution in [0, 0.1) is 0 Å². The molecule has 1 fully saturated rings. The molecule has 0 aromatic carbocycles. The molecule has 0 radical (unpaired) electrons. The van der Waals surface area contributed by atoms with Crippen molar-refractivity contribution in [3.8, 4) is 0 Å². The first kappa shape index (κ1) is 14.6. The Morgan fingerprint density at radius 2 is 2.16 bits per heavy atom. The second-order valence-electron chi connectivity index (χ2n) is 6.08. The molecule has 0 bridgehead atoms. The molecule has 0 N–H and O–H groups in total. The van der Waals surface area contributed by atoms with Gasteiger partial charge in [-0.2, -0.15) is 0 Å². The third-order valence-electron chi connectivity index (χ3n) is 3.39. The molecule has 0 saturated carbocycles. The molecule has 0 atom stereocenters. The minimum atomic E-state index is -0.116. The predicted octanol–water partition coefficient (Wildman–Crippen LogP) is 3.56. The van der Waals surface area contributed by atoms with E-state index in [1.807, 2.05) is 0 Å². The lowest BCUT2D eigenvalue weighted by molar-refractivity contribution is -0.0279. The Bertz CT molecular complexity index is 446. The molecule has 0 amide bonds. The van der Waals surface area contributed by atoms with E-state index in [1.165, 1.54) is 0 Å². The third kappa shape index (κ3) is 3.61. The van der Waals surface area contributed by atoms with E-state index in [9.17, 15) is 0 Å². The van der Waals surface area contributed by atoms with Crippen LogP contribution in [0.15, 0.2) is 12.1 Å². The molecule has 19 heavy (non-hydrogen) atoms. The van der Waals surface area contributed by atoms with Crippen LogP contribution in [0.2, 0.25) is 0 Å². The molecule has 1 aromatic rings. The fourth-order valence-electron chi connectivity index (χ4n) is 2.34. The fourth-order valence-corrected chi connectivity index (χ4v) is 2.50. The number of anilines is 1. The van der Waals surface area contributed by atoms with Gasteiger partial charge in [0, 0.05) is 24.7 Å². The van der Waals surface area contributed by atoms with Gasteiger partial charge < -0.3 is 9.64 Å². The topological polar surface area (TPSA) is 25.4 Å². The van der Waals surface area contributed by atoms with Crippen molar-refractivity contribution in [2.75, 3.05) is 24.6 Å². The molecule has 0 unspecified atom stereocenters. The van der Waals surface area contributed by atoms with Gasteiger partial charge in [-0.25, -0.2) is 4.98 Å². The van der Waals surface area contributed by atoms with Crippen LogP contribution in [0.4, 0.5) is 5.82 Å². The summed E-state index contributed by atoms with van der Waals surface area (Å²) in [5, 5.41) is 0. The molecular weight excluding hydrogens is 260 g/mol. The standard InChI is InChI=1S/C15H23ClN2O/c1-11(2)13-7-12(9-16)8-14(17-13)18-5-6-19-15(3,4)10-18/h7-8,11H,5-6,9-10H2,1-4H3. The zero-order valence-electron chi connectivity index (χ0n) is 12.2. The van der Waals surface area contributed by atoms with Crippen molar-refractivity contribution >= 4 is 17.4 Å². The first-order valence-electron chi connectivity index (χ1n) is 6.87. The SMILES string of the molecule is CC(C)c1cc(CCl)cc(N2CCOC(C)(C)C2)n1. The van der Waals surface area contributed by atoms with Crippen molar-refractivity contribution in [3.05, 3.63) is 23.4 Å². The third-order valence-corrected chi connectivity index (χ3v) is 3.70. The minimum absolute atomic E-state index is 0.116. The highest BCUT2D eigenvalue weighted by atomic mass is 35.5. The van der Waals surface area contributed by atoms with E-state index in [0.717, 1.165) is 36.8 Å². The van der Waals surface area contributed by atoms with Crippen LogP contribution in [-0.2, 0) is 10.6 Å². The second kappa shape index (κ2) is 5.68. The monoisotopic (exact) mass is 282 g/mol. The highest BCUT2D eigenvalue weighted by Crippen LogP contribution is 2.25. The van der Waals surface area contributed by atoms with Crippen LogP contribution in [-0.4, -0.2) is 30.3 Å². The number of nitrogens with zero attached hydrogens (tertiary/aromatic N) is 2. The Morgan fingerprint density at radius 1 is 1.42 bits per heavy atom. The fraction of sp³-hybridized carbons (Fsp3) is 0.667. The zero-order valence-corrected chi connectivity index (χ0v) is 13.0. The van der Waals surface area contributed by atoms with E-state index in [-0.39, 0.29) is 5.60 Å². The van der Waals surface area contributed by atoms with E-state index < -0.39 is 0 Å². The summed E-state index contributed by atoms with van der Waals surface area (Å²) in [4.78, 5) is 7.08. The molecule has 0 aliphatic carbocycles. The average molecular weight is 283 g/mol. The van der Waals surface area contributed by atoms with E-state index in [0.29, 0.717) is 11.8 Å². The second-order valence-corrected chi connectivity index (χ2v) is 6.34. The van der Waals surface area contributed by atoms with E-state index in [1.54, 1.807) is 0 Å². The summed E-state index contributed by atoms with van der Waals surface area (Å²) in [5.74, 6) is 1.97. The summed E-state index contributed by atoms with van der Waals surface area (Å²) in [7, 11) is 0. The Labute approximate surface area is 120 Å². The summed E-state index contributed by atoms with van der Waals surface area (Å²) in [6.45, 7) is 11.1. The number of pyridine rings is 1. The zero-order chi connectivity index (χ0) is 14.0. The quantitative estimate of drug-likeness (QED) is 0.793. The van der Waals surface area contributed by atoms with Gasteiger partial charge in [0.05, 0.1) is 12.2 Å². The lowest BCUT2D eigenvalue weighted by Crippen LogP contribution is -2.48. The van der Waals surface area contributed by atoms with E-state index in [2.05, 4.69) is 44.7 Å². The minimum Gasteiger partial charge on any atom is -0.372 e. The van der Waals surface area contributed by atoms with E-state index in [4.69, 9.17) is 21.3 Å². The first-order valence-corrected chi connectivity index (χ1v) is 7.40. The maximum Gasteiger partial charge on any atom is 0.129 e. The number of aromatic nitrogens is 1. The highest BCUT2D eigenvalue weighted by molar-refractivity contribution is 6.17. The van der Waals surface area contributed by atoms with Crippen molar-refractivity contribution in [3.63, 3.8) is 0 Å². The van der Waals surface area contributed by atoms with Crippen LogP contribution in [0.25, 0.3) is 0 Å². The maximum atomic E-state index is 6.00. The Hall–Kier alpha value is -0.800. The summed E-state index contributed by atoms with van der Waals surface area (Å²) < 4.78 is 5.76. The normalized spacial score (nSPS) is 18.9. The van der Waals surface area contributed by atoms with Gasteiger partial charge in [0.25, 0.3) is 0 Å². The molecule has 3 nitrogen and oxygen atoms in total. The molecule has 2 rings (SSSR count). The molecule has 0 spiro atoms. The molecular formula is C15H23ClN2O. The number of rotatable bonds is 3. The van der Waals surface area contributed by atoms with Crippen molar-refractivity contribution in [1.29, 1.82) is 0 Å². The van der Waals surface area contributed by atoms with Gasteiger partial charge in [0.1, 0.15) is 5.82 Å². The lowest BCUT2D eigenvalue weighted by Gasteiger charge is -2.39. The Balaban J connectivity index is 2.30. The smallest absolute Gasteiger partial charge is 0.129 e. The summed E-state index contributed by atoms with van der Waals surface area (Å²) in [6, 6.07) is 4.20. The maximum absolute atomic E-state index is 6.00. The predicted molar refractivity (Wildman–Crippen MR) is 80.1 cm³/mol.